The summed E-state index contributed by atoms with van der Waals surface area (Å²) < 4.78 is 5.38. The number of benzene rings is 1. The van der Waals surface area contributed by atoms with E-state index in [0.717, 1.165) is 18.4 Å². The molecule has 2 heteroatoms. The maximum absolute atomic E-state index is 11.8. The molecule has 1 aromatic carbocycles. The fourth-order valence-corrected chi connectivity index (χ4v) is 1.47. The molecule has 0 heterocycles. The molecule has 0 spiro atoms. The second-order valence-corrected chi connectivity index (χ2v) is 3.66. The Bertz CT molecular complexity index is 327. The van der Waals surface area contributed by atoms with Crippen LogP contribution in [0.1, 0.15) is 42.6 Å². The zero-order chi connectivity index (χ0) is 11.3. The average Bonchev–Trinajstić information content (AvgIpc) is 2.26. The standard InChI is InChI=1S/C13H18O2/c1-4-11(5-2)15-13(14)12-9-7-6-8-10(12)3/h6-9,11H,4-5H2,1-3H3. The minimum atomic E-state index is -0.207. The van der Waals surface area contributed by atoms with Crippen LogP contribution in [0.3, 0.4) is 0 Å². The maximum atomic E-state index is 11.8. The molecule has 0 aromatic heterocycles. The number of rotatable bonds is 4. The number of esters is 1. The number of hydrogen-bond donors (Lipinski definition) is 0. The number of carbonyl (C=O) groups excluding carboxylic acids is 1. The van der Waals surface area contributed by atoms with Crippen molar-refractivity contribution in [3.63, 3.8) is 0 Å². The molecule has 0 saturated heterocycles. The van der Waals surface area contributed by atoms with E-state index in [1.165, 1.54) is 0 Å². The van der Waals surface area contributed by atoms with Crippen LogP contribution in [0.25, 0.3) is 0 Å². The van der Waals surface area contributed by atoms with Gasteiger partial charge in [-0.2, -0.15) is 0 Å². The van der Waals surface area contributed by atoms with E-state index in [4.69, 9.17) is 4.74 Å². The predicted octanol–water partition coefficient (Wildman–Crippen LogP) is 3.34. The SMILES string of the molecule is CCC(CC)OC(=O)c1ccccc1C. The summed E-state index contributed by atoms with van der Waals surface area (Å²) in [6.07, 6.45) is 1.78. The number of aryl methyl sites for hydroxylation is 1. The van der Waals surface area contributed by atoms with Crippen molar-refractivity contribution in [1.29, 1.82) is 0 Å². The van der Waals surface area contributed by atoms with Crippen LogP contribution in [0.5, 0.6) is 0 Å². The van der Waals surface area contributed by atoms with E-state index in [2.05, 4.69) is 0 Å². The van der Waals surface area contributed by atoms with E-state index in [0.29, 0.717) is 5.56 Å². The quantitative estimate of drug-likeness (QED) is 0.706. The smallest absolute Gasteiger partial charge is 0.338 e. The molecule has 0 aliphatic carbocycles. The Kier molecular flexibility index (Phi) is 4.35. The summed E-state index contributed by atoms with van der Waals surface area (Å²) in [7, 11) is 0. The summed E-state index contributed by atoms with van der Waals surface area (Å²) >= 11 is 0. The molecule has 82 valence electrons. The van der Waals surface area contributed by atoms with Gasteiger partial charge in [-0.05, 0) is 31.4 Å². The first-order valence-electron chi connectivity index (χ1n) is 5.45. The van der Waals surface area contributed by atoms with Crippen LogP contribution in [-0.4, -0.2) is 12.1 Å². The van der Waals surface area contributed by atoms with Crippen molar-refractivity contribution in [3.8, 4) is 0 Å². The van der Waals surface area contributed by atoms with Gasteiger partial charge in [0.2, 0.25) is 0 Å². The van der Waals surface area contributed by atoms with Gasteiger partial charge in [-0.3, -0.25) is 0 Å². The molecule has 0 atom stereocenters. The second kappa shape index (κ2) is 5.54. The Hall–Kier alpha value is -1.31. The van der Waals surface area contributed by atoms with Crippen molar-refractivity contribution < 1.29 is 9.53 Å². The summed E-state index contributed by atoms with van der Waals surface area (Å²) in [6.45, 7) is 5.97. The van der Waals surface area contributed by atoms with Crippen molar-refractivity contribution >= 4 is 5.97 Å². The van der Waals surface area contributed by atoms with Crippen LogP contribution >= 0.6 is 0 Å². The molecule has 0 radical (unpaired) electrons. The zero-order valence-electron chi connectivity index (χ0n) is 9.62. The Labute approximate surface area is 91.3 Å². The first kappa shape index (κ1) is 11.8. The number of ether oxygens (including phenoxy) is 1. The van der Waals surface area contributed by atoms with Crippen LogP contribution in [0.15, 0.2) is 24.3 Å². The lowest BCUT2D eigenvalue weighted by molar-refractivity contribution is 0.0283. The highest BCUT2D eigenvalue weighted by molar-refractivity contribution is 5.91. The van der Waals surface area contributed by atoms with Gasteiger partial charge in [-0.25, -0.2) is 4.79 Å². The van der Waals surface area contributed by atoms with Crippen molar-refractivity contribution in [1.82, 2.24) is 0 Å². The lowest BCUT2D eigenvalue weighted by Gasteiger charge is -2.14. The summed E-state index contributed by atoms with van der Waals surface area (Å²) in [6, 6.07) is 7.50. The molecule has 15 heavy (non-hydrogen) atoms. The Balaban J connectivity index is 2.73. The topological polar surface area (TPSA) is 26.3 Å². The minimum absolute atomic E-state index is 0.0390. The van der Waals surface area contributed by atoms with Crippen LogP contribution in [0.2, 0.25) is 0 Å². The first-order chi connectivity index (χ1) is 7.19. The third-order valence-electron chi connectivity index (χ3n) is 2.55. The van der Waals surface area contributed by atoms with E-state index >= 15 is 0 Å². The van der Waals surface area contributed by atoms with Gasteiger partial charge >= 0.3 is 5.97 Å². The van der Waals surface area contributed by atoms with Crippen LogP contribution in [-0.2, 0) is 4.74 Å². The molecule has 0 fully saturated rings. The molecular formula is C13H18O2. The Morgan fingerprint density at radius 2 is 1.87 bits per heavy atom. The minimum Gasteiger partial charge on any atom is -0.459 e. The third kappa shape index (κ3) is 3.08. The van der Waals surface area contributed by atoms with E-state index in [9.17, 15) is 4.79 Å². The Morgan fingerprint density at radius 3 is 2.40 bits per heavy atom. The summed E-state index contributed by atoms with van der Waals surface area (Å²) in [5.74, 6) is -0.207. The van der Waals surface area contributed by atoms with Crippen molar-refractivity contribution in [2.24, 2.45) is 0 Å². The highest BCUT2D eigenvalue weighted by Gasteiger charge is 2.13. The van der Waals surface area contributed by atoms with Crippen LogP contribution in [0, 0.1) is 6.92 Å². The second-order valence-electron chi connectivity index (χ2n) is 3.66. The van der Waals surface area contributed by atoms with Crippen molar-refractivity contribution in [2.45, 2.75) is 39.7 Å². The molecule has 0 unspecified atom stereocenters. The van der Waals surface area contributed by atoms with Gasteiger partial charge in [0.15, 0.2) is 0 Å². The lowest BCUT2D eigenvalue weighted by Crippen LogP contribution is -2.17. The molecule has 0 N–H and O–H groups in total. The highest BCUT2D eigenvalue weighted by Crippen LogP contribution is 2.12. The van der Waals surface area contributed by atoms with Crippen molar-refractivity contribution in [2.75, 3.05) is 0 Å². The summed E-state index contributed by atoms with van der Waals surface area (Å²) in [5.41, 5.74) is 1.64. The van der Waals surface area contributed by atoms with E-state index in [1.54, 1.807) is 6.07 Å². The largest absolute Gasteiger partial charge is 0.459 e. The fraction of sp³-hybridized carbons (Fsp3) is 0.462. The molecule has 0 saturated carbocycles. The average molecular weight is 206 g/mol. The zero-order valence-corrected chi connectivity index (χ0v) is 9.62. The monoisotopic (exact) mass is 206 g/mol. The lowest BCUT2D eigenvalue weighted by atomic mass is 10.1. The number of hydrogen-bond acceptors (Lipinski definition) is 2. The molecule has 0 aliphatic heterocycles. The van der Waals surface area contributed by atoms with Gasteiger partial charge in [0.25, 0.3) is 0 Å². The predicted molar refractivity (Wildman–Crippen MR) is 61.0 cm³/mol. The van der Waals surface area contributed by atoms with Crippen molar-refractivity contribution in [3.05, 3.63) is 35.4 Å². The molecule has 0 aliphatic rings. The van der Waals surface area contributed by atoms with Crippen LogP contribution < -0.4 is 0 Å². The highest BCUT2D eigenvalue weighted by atomic mass is 16.5. The first-order valence-corrected chi connectivity index (χ1v) is 5.45. The van der Waals surface area contributed by atoms with Gasteiger partial charge in [0, 0.05) is 0 Å². The van der Waals surface area contributed by atoms with Gasteiger partial charge in [0.05, 0.1) is 5.56 Å². The van der Waals surface area contributed by atoms with Crippen LogP contribution in [0.4, 0.5) is 0 Å². The molecule has 0 amide bonds. The molecule has 1 aromatic rings. The summed E-state index contributed by atoms with van der Waals surface area (Å²) in [4.78, 5) is 11.8. The molecule has 1 rings (SSSR count). The maximum Gasteiger partial charge on any atom is 0.338 e. The van der Waals surface area contributed by atoms with Gasteiger partial charge in [-0.1, -0.05) is 32.0 Å². The Morgan fingerprint density at radius 1 is 1.27 bits per heavy atom. The fourth-order valence-electron chi connectivity index (χ4n) is 1.47. The van der Waals surface area contributed by atoms with Gasteiger partial charge in [0.1, 0.15) is 6.10 Å². The molecule has 0 bridgehead atoms. The number of carbonyl (C=O) groups is 1. The normalized spacial score (nSPS) is 10.4. The third-order valence-corrected chi connectivity index (χ3v) is 2.55. The van der Waals surface area contributed by atoms with E-state index in [1.807, 2.05) is 39.0 Å². The van der Waals surface area contributed by atoms with Gasteiger partial charge in [-0.15, -0.1) is 0 Å². The molecular weight excluding hydrogens is 188 g/mol. The van der Waals surface area contributed by atoms with E-state index < -0.39 is 0 Å². The van der Waals surface area contributed by atoms with Gasteiger partial charge < -0.3 is 4.74 Å². The van der Waals surface area contributed by atoms with E-state index in [-0.39, 0.29) is 12.1 Å². The molecule has 2 nitrogen and oxygen atoms in total. The summed E-state index contributed by atoms with van der Waals surface area (Å²) in [5, 5.41) is 0.